The third kappa shape index (κ3) is 8.15. The lowest BCUT2D eigenvalue weighted by atomic mass is 10.5. The molecule has 0 atom stereocenters. The molecule has 1 rings (SSSR count). The van der Waals surface area contributed by atoms with Gasteiger partial charge in [0.1, 0.15) is 0 Å². The van der Waals surface area contributed by atoms with Gasteiger partial charge in [-0.05, 0) is 12.1 Å². The van der Waals surface area contributed by atoms with E-state index in [-0.39, 0.29) is 16.8 Å². The molecule has 1 aromatic heterocycles. The highest BCUT2D eigenvalue weighted by molar-refractivity contribution is 7.62. The van der Waals surface area contributed by atoms with E-state index in [0.29, 0.717) is 0 Å². The Morgan fingerprint density at radius 2 is 0.767 bits per heavy atom. The molecule has 0 saturated carbocycles. The highest BCUT2D eigenvalue weighted by Crippen LogP contribution is 2.44. The van der Waals surface area contributed by atoms with Crippen LogP contribution >= 0.6 is 16.4 Å². The average Bonchev–Trinajstić information content (AvgIpc) is 2.74. The van der Waals surface area contributed by atoms with Crippen molar-refractivity contribution in [1.29, 1.82) is 0 Å². The quantitative estimate of drug-likeness (QED) is 0.320. The van der Waals surface area contributed by atoms with E-state index in [4.69, 9.17) is 4.98 Å². The third-order valence-electron chi connectivity index (χ3n) is 5.12. The van der Waals surface area contributed by atoms with Gasteiger partial charge in [0, 0.05) is 69.2 Å². The second-order valence-electron chi connectivity index (χ2n) is 6.49. The van der Waals surface area contributed by atoms with Crippen LogP contribution in [-0.4, -0.2) is 92.8 Å². The van der Waals surface area contributed by atoms with Crippen molar-refractivity contribution in [3.8, 4) is 0 Å². The van der Waals surface area contributed by atoms with Crippen LogP contribution in [0.25, 0.3) is 0 Å². The highest BCUT2D eigenvalue weighted by atomic mass is 31.1. The topological polar surface area (TPSA) is 25.9 Å². The molecule has 30 heavy (non-hydrogen) atoms. The Hall–Kier alpha value is -0.0201. The molecule has 168 valence electrons. The first-order valence-electron chi connectivity index (χ1n) is 11.1. The van der Waals surface area contributed by atoms with E-state index in [1.807, 2.05) is 0 Å². The van der Waals surface area contributed by atoms with Gasteiger partial charge in [0.25, 0.3) is 0 Å². The molecule has 0 unspecified atom stereocenters. The smallest absolute Gasteiger partial charge is 0.0946 e. The molecule has 0 saturated heterocycles. The van der Waals surface area contributed by atoms with Gasteiger partial charge in [-0.15, -0.1) is 0 Å². The SMILES string of the molecule is CCN(CC)P(c1cccc(P(N(CC)CC)N(CC)CC)n1)N(CC)CC.[B].[B]. The van der Waals surface area contributed by atoms with Crippen LogP contribution in [0.2, 0.25) is 0 Å². The monoisotopic (exact) mass is 449 g/mol. The van der Waals surface area contributed by atoms with Crippen LogP contribution in [0.15, 0.2) is 18.2 Å². The van der Waals surface area contributed by atoms with Crippen LogP contribution < -0.4 is 10.9 Å². The maximum Gasteiger partial charge on any atom is 0.0946 e. The standard InChI is InChI=1S/C21H43N5P2.2B/c1-9-23(10-2)27(24(11-3)12-4)20-18-17-19-21(22-20)28(25(13-5)14-6)26(15-7)16-8;;/h17-19H,9-16H2,1-8H3;;. The fraction of sp³-hybridized carbons (Fsp3) is 0.762. The Balaban J connectivity index is 0. The lowest BCUT2D eigenvalue weighted by molar-refractivity contribution is 0.428. The van der Waals surface area contributed by atoms with Crippen LogP contribution in [-0.2, 0) is 0 Å². The summed E-state index contributed by atoms with van der Waals surface area (Å²) >= 11 is 0. The van der Waals surface area contributed by atoms with E-state index >= 15 is 0 Å². The van der Waals surface area contributed by atoms with Gasteiger partial charge in [-0.25, -0.2) is 4.98 Å². The minimum absolute atomic E-state index is 0. The number of nitrogens with zero attached hydrogens (tertiary/aromatic N) is 5. The van der Waals surface area contributed by atoms with Crippen molar-refractivity contribution in [1.82, 2.24) is 23.7 Å². The van der Waals surface area contributed by atoms with Gasteiger partial charge in [-0.3, -0.25) is 18.7 Å². The van der Waals surface area contributed by atoms with Gasteiger partial charge in [0.15, 0.2) is 0 Å². The summed E-state index contributed by atoms with van der Waals surface area (Å²) in [7, 11) is -1.10. The summed E-state index contributed by atoms with van der Waals surface area (Å²) in [5.74, 6) is 0. The number of hydrogen-bond acceptors (Lipinski definition) is 5. The largest absolute Gasteiger partial charge is 0.266 e. The molecule has 0 bridgehead atoms. The highest BCUT2D eigenvalue weighted by Gasteiger charge is 2.29. The van der Waals surface area contributed by atoms with Crippen LogP contribution in [0.3, 0.4) is 0 Å². The lowest BCUT2D eigenvalue weighted by Crippen LogP contribution is -2.39. The molecule has 0 aliphatic rings. The van der Waals surface area contributed by atoms with E-state index in [1.165, 1.54) is 10.9 Å². The van der Waals surface area contributed by atoms with Gasteiger partial charge in [-0.1, -0.05) is 61.5 Å². The molecule has 0 amide bonds. The molecular formula is C21H43B2N5P2. The normalized spacial score (nSPS) is 11.7. The van der Waals surface area contributed by atoms with E-state index in [9.17, 15) is 0 Å². The van der Waals surface area contributed by atoms with Crippen LogP contribution in [0, 0.1) is 0 Å². The van der Waals surface area contributed by atoms with E-state index in [1.54, 1.807) is 0 Å². The zero-order valence-corrected chi connectivity index (χ0v) is 22.5. The van der Waals surface area contributed by atoms with Gasteiger partial charge in [0.2, 0.25) is 0 Å². The molecule has 0 aliphatic heterocycles. The molecule has 0 aliphatic carbocycles. The van der Waals surface area contributed by atoms with Crippen molar-refractivity contribution in [3.05, 3.63) is 18.2 Å². The lowest BCUT2D eigenvalue weighted by Gasteiger charge is -2.39. The molecule has 9 heteroatoms. The second-order valence-corrected chi connectivity index (χ2v) is 10.8. The summed E-state index contributed by atoms with van der Waals surface area (Å²) in [5.41, 5.74) is 2.51. The fourth-order valence-corrected chi connectivity index (χ4v) is 8.47. The van der Waals surface area contributed by atoms with Gasteiger partial charge in [-0.2, -0.15) is 0 Å². The van der Waals surface area contributed by atoms with E-state index in [0.717, 1.165) is 52.4 Å². The Labute approximate surface area is 193 Å². The molecule has 0 N–H and O–H groups in total. The minimum Gasteiger partial charge on any atom is -0.266 e. The van der Waals surface area contributed by atoms with Crippen molar-refractivity contribution >= 4 is 44.1 Å². The number of hydrogen-bond donors (Lipinski definition) is 0. The first-order chi connectivity index (χ1) is 13.6. The predicted molar refractivity (Wildman–Crippen MR) is 141 cm³/mol. The molecule has 0 fully saturated rings. The summed E-state index contributed by atoms with van der Waals surface area (Å²) in [4.78, 5) is 5.33. The average molecular weight is 449 g/mol. The number of rotatable bonds is 14. The van der Waals surface area contributed by atoms with Crippen molar-refractivity contribution in [3.63, 3.8) is 0 Å². The predicted octanol–water partition coefficient (Wildman–Crippen LogP) is 3.56. The van der Waals surface area contributed by atoms with Crippen molar-refractivity contribution in [2.24, 2.45) is 0 Å². The molecular weight excluding hydrogens is 406 g/mol. The Kier molecular flexibility index (Phi) is 18.8. The molecule has 0 spiro atoms. The molecule has 5 nitrogen and oxygen atoms in total. The fourth-order valence-electron chi connectivity index (χ4n) is 3.54. The molecule has 6 radical (unpaired) electrons. The minimum atomic E-state index is -0.551. The summed E-state index contributed by atoms with van der Waals surface area (Å²) in [5, 5.41) is 0. The van der Waals surface area contributed by atoms with Crippen LogP contribution in [0.1, 0.15) is 55.4 Å². The van der Waals surface area contributed by atoms with Crippen LogP contribution in [0.4, 0.5) is 0 Å². The summed E-state index contributed by atoms with van der Waals surface area (Å²) < 4.78 is 10.4. The zero-order chi connectivity index (χ0) is 21.1. The second kappa shape index (κ2) is 17.5. The first-order valence-corrected chi connectivity index (χ1v) is 13.6. The molecule has 1 aromatic rings. The Bertz CT molecular complexity index is 473. The Morgan fingerprint density at radius 3 is 0.967 bits per heavy atom. The zero-order valence-electron chi connectivity index (χ0n) is 20.7. The number of aromatic nitrogens is 1. The summed E-state index contributed by atoms with van der Waals surface area (Å²) in [6.45, 7) is 26.6. The number of pyridine rings is 1. The Morgan fingerprint density at radius 1 is 0.533 bits per heavy atom. The third-order valence-corrected chi connectivity index (χ3v) is 10.8. The molecule has 1 heterocycles. The van der Waals surface area contributed by atoms with Crippen molar-refractivity contribution in [2.75, 3.05) is 52.4 Å². The van der Waals surface area contributed by atoms with Crippen molar-refractivity contribution in [2.45, 2.75) is 55.4 Å². The van der Waals surface area contributed by atoms with E-state index < -0.39 is 16.4 Å². The van der Waals surface area contributed by atoms with Crippen molar-refractivity contribution < 1.29 is 0 Å². The maximum atomic E-state index is 5.33. The molecule has 0 aromatic carbocycles. The summed E-state index contributed by atoms with van der Waals surface area (Å²) in [6, 6.07) is 6.75. The van der Waals surface area contributed by atoms with Gasteiger partial charge >= 0.3 is 0 Å². The maximum absolute atomic E-state index is 5.33. The van der Waals surface area contributed by atoms with E-state index in [2.05, 4.69) is 92.3 Å². The summed E-state index contributed by atoms with van der Waals surface area (Å²) in [6.07, 6.45) is 0. The van der Waals surface area contributed by atoms with Gasteiger partial charge < -0.3 is 0 Å². The van der Waals surface area contributed by atoms with Gasteiger partial charge in [0.05, 0.1) is 27.3 Å². The first kappa shape index (κ1) is 32.2. The van der Waals surface area contributed by atoms with Crippen LogP contribution in [0.5, 0.6) is 0 Å².